The van der Waals surface area contributed by atoms with Gasteiger partial charge in [0.25, 0.3) is 0 Å². The van der Waals surface area contributed by atoms with Crippen LogP contribution >= 0.6 is 0 Å². The van der Waals surface area contributed by atoms with E-state index in [1.54, 1.807) is 24.3 Å². The van der Waals surface area contributed by atoms with E-state index < -0.39 is 0 Å². The quantitative estimate of drug-likeness (QED) is 0.774. The highest BCUT2D eigenvalue weighted by atomic mass is 16.2. The number of hydrogen-bond acceptors (Lipinski definition) is 4. The molecular formula is C22H28N4O2. The number of Topliss-reactive ketones (excluding diaryl/α,β-unsaturated/α-hetero) is 1. The van der Waals surface area contributed by atoms with Gasteiger partial charge in [0.15, 0.2) is 5.78 Å². The summed E-state index contributed by atoms with van der Waals surface area (Å²) >= 11 is 0. The van der Waals surface area contributed by atoms with Crippen LogP contribution in [-0.2, 0) is 6.54 Å². The van der Waals surface area contributed by atoms with Crippen molar-refractivity contribution in [1.82, 2.24) is 14.8 Å². The van der Waals surface area contributed by atoms with Gasteiger partial charge in [-0.25, -0.2) is 4.79 Å². The number of ketones is 1. The molecule has 6 nitrogen and oxygen atoms in total. The summed E-state index contributed by atoms with van der Waals surface area (Å²) in [4.78, 5) is 32.5. The Bertz CT molecular complexity index is 792. The van der Waals surface area contributed by atoms with Crippen LogP contribution in [0.4, 0.5) is 10.5 Å². The Morgan fingerprint density at radius 1 is 1.18 bits per heavy atom. The summed E-state index contributed by atoms with van der Waals surface area (Å²) < 4.78 is 0. The average Bonchev–Trinajstić information content (AvgIpc) is 2.73. The molecule has 1 aliphatic rings. The van der Waals surface area contributed by atoms with Gasteiger partial charge in [0, 0.05) is 49.3 Å². The zero-order chi connectivity index (χ0) is 19.9. The summed E-state index contributed by atoms with van der Waals surface area (Å²) in [6, 6.07) is 11.4. The molecule has 2 amide bonds. The van der Waals surface area contributed by atoms with E-state index in [2.05, 4.69) is 22.1 Å². The molecule has 2 aromatic rings. The van der Waals surface area contributed by atoms with Crippen molar-refractivity contribution in [1.29, 1.82) is 0 Å². The lowest BCUT2D eigenvalue weighted by Crippen LogP contribution is -2.50. The molecule has 0 bridgehead atoms. The summed E-state index contributed by atoms with van der Waals surface area (Å²) in [7, 11) is 0. The number of likely N-dealkylation sites (tertiary alicyclic amines) is 1. The highest BCUT2D eigenvalue weighted by molar-refractivity contribution is 5.95. The van der Waals surface area contributed by atoms with Gasteiger partial charge in [0.1, 0.15) is 0 Å². The van der Waals surface area contributed by atoms with Gasteiger partial charge in [-0.15, -0.1) is 0 Å². The Labute approximate surface area is 166 Å². The number of benzene rings is 1. The first-order valence-corrected chi connectivity index (χ1v) is 9.86. The molecule has 2 heterocycles. The maximum absolute atomic E-state index is 12.7. The normalized spacial score (nSPS) is 16.8. The molecule has 1 atom stereocenters. The van der Waals surface area contributed by atoms with E-state index in [0.717, 1.165) is 39.0 Å². The molecule has 1 N–H and O–H groups in total. The van der Waals surface area contributed by atoms with Gasteiger partial charge in [0.05, 0.1) is 0 Å². The van der Waals surface area contributed by atoms with E-state index in [1.807, 2.05) is 29.4 Å². The van der Waals surface area contributed by atoms with Crippen molar-refractivity contribution in [3.63, 3.8) is 0 Å². The van der Waals surface area contributed by atoms with Gasteiger partial charge in [-0.2, -0.15) is 0 Å². The van der Waals surface area contributed by atoms with Crippen LogP contribution in [-0.4, -0.2) is 52.3 Å². The maximum Gasteiger partial charge on any atom is 0.321 e. The lowest BCUT2D eigenvalue weighted by atomic mass is 10.0. The minimum Gasteiger partial charge on any atom is -0.323 e. The van der Waals surface area contributed by atoms with E-state index in [-0.39, 0.29) is 11.8 Å². The van der Waals surface area contributed by atoms with Crippen LogP contribution in [0.1, 0.15) is 42.6 Å². The van der Waals surface area contributed by atoms with Gasteiger partial charge in [-0.3, -0.25) is 14.7 Å². The van der Waals surface area contributed by atoms with Crippen molar-refractivity contribution in [2.45, 2.75) is 39.3 Å². The number of pyridine rings is 1. The van der Waals surface area contributed by atoms with Gasteiger partial charge in [0.2, 0.25) is 0 Å². The fraction of sp³-hybridized carbons (Fsp3) is 0.409. The summed E-state index contributed by atoms with van der Waals surface area (Å²) in [5, 5.41) is 2.95. The topological polar surface area (TPSA) is 65.5 Å². The van der Waals surface area contributed by atoms with Crippen molar-refractivity contribution in [3.05, 3.63) is 59.9 Å². The summed E-state index contributed by atoms with van der Waals surface area (Å²) in [5.74, 6) is 0.0191. The summed E-state index contributed by atoms with van der Waals surface area (Å²) in [6.07, 6.45) is 5.73. The molecule has 1 aromatic carbocycles. The molecule has 28 heavy (non-hydrogen) atoms. The second-order valence-electron chi connectivity index (χ2n) is 7.22. The van der Waals surface area contributed by atoms with Crippen LogP contribution in [0.15, 0.2) is 48.8 Å². The Morgan fingerprint density at radius 2 is 1.89 bits per heavy atom. The molecule has 1 fully saturated rings. The molecule has 0 saturated carbocycles. The first kappa shape index (κ1) is 20.0. The van der Waals surface area contributed by atoms with Gasteiger partial charge < -0.3 is 10.2 Å². The zero-order valence-corrected chi connectivity index (χ0v) is 16.6. The van der Waals surface area contributed by atoms with Crippen LogP contribution in [0.3, 0.4) is 0 Å². The number of carbonyl (C=O) groups excluding carboxylic acids is 2. The van der Waals surface area contributed by atoms with Crippen molar-refractivity contribution < 1.29 is 9.59 Å². The van der Waals surface area contributed by atoms with E-state index in [0.29, 0.717) is 17.3 Å². The van der Waals surface area contributed by atoms with E-state index in [4.69, 9.17) is 0 Å². The molecule has 1 aromatic heterocycles. The third kappa shape index (κ3) is 5.16. The smallest absolute Gasteiger partial charge is 0.321 e. The summed E-state index contributed by atoms with van der Waals surface area (Å²) in [5.41, 5.74) is 2.59. The van der Waals surface area contributed by atoms with E-state index in [1.165, 1.54) is 12.5 Å². The number of anilines is 1. The Hall–Kier alpha value is -2.73. The van der Waals surface area contributed by atoms with Crippen molar-refractivity contribution >= 4 is 17.5 Å². The Balaban J connectivity index is 1.59. The van der Waals surface area contributed by atoms with Crippen LogP contribution in [0, 0.1) is 0 Å². The molecule has 0 spiro atoms. The van der Waals surface area contributed by atoms with E-state index in [9.17, 15) is 9.59 Å². The monoisotopic (exact) mass is 380 g/mol. The molecule has 1 saturated heterocycles. The lowest BCUT2D eigenvalue weighted by molar-refractivity contribution is 0.101. The highest BCUT2D eigenvalue weighted by Crippen LogP contribution is 2.19. The van der Waals surface area contributed by atoms with Crippen LogP contribution < -0.4 is 5.32 Å². The van der Waals surface area contributed by atoms with Gasteiger partial charge in [-0.1, -0.05) is 6.92 Å². The average molecular weight is 380 g/mol. The van der Waals surface area contributed by atoms with Crippen LogP contribution in [0.5, 0.6) is 0 Å². The van der Waals surface area contributed by atoms with Crippen molar-refractivity contribution in [2.24, 2.45) is 0 Å². The molecular weight excluding hydrogens is 352 g/mol. The molecule has 3 rings (SSSR count). The van der Waals surface area contributed by atoms with Crippen LogP contribution in [0.2, 0.25) is 0 Å². The third-order valence-corrected chi connectivity index (χ3v) is 5.28. The van der Waals surface area contributed by atoms with Gasteiger partial charge in [-0.05, 0) is 68.3 Å². The number of rotatable bonds is 6. The zero-order valence-electron chi connectivity index (χ0n) is 16.6. The maximum atomic E-state index is 12.7. The lowest BCUT2D eigenvalue weighted by Gasteiger charge is -2.39. The Morgan fingerprint density at radius 3 is 2.54 bits per heavy atom. The number of urea groups is 1. The predicted octanol–water partition coefficient (Wildman–Crippen LogP) is 3.80. The number of likely N-dealkylation sites (N-methyl/N-ethyl adjacent to an activating group) is 1. The predicted molar refractivity (Wildman–Crippen MR) is 110 cm³/mol. The molecule has 0 unspecified atom stereocenters. The second kappa shape index (κ2) is 9.46. The molecule has 0 aliphatic carbocycles. The largest absolute Gasteiger partial charge is 0.323 e. The highest BCUT2D eigenvalue weighted by Gasteiger charge is 2.27. The number of amides is 2. The molecule has 0 radical (unpaired) electrons. The second-order valence-corrected chi connectivity index (χ2v) is 7.22. The van der Waals surface area contributed by atoms with Gasteiger partial charge >= 0.3 is 6.03 Å². The summed E-state index contributed by atoms with van der Waals surface area (Å²) in [6.45, 7) is 6.99. The number of nitrogens with zero attached hydrogens (tertiary/aromatic N) is 3. The minimum absolute atomic E-state index is 0.0191. The first-order chi connectivity index (χ1) is 13.6. The standard InChI is InChI=1S/C22H28N4O2/c1-3-25(15-18-10-12-23-13-11-18)21-5-4-14-26(16-21)22(28)24-20-8-6-19(7-9-20)17(2)27/h6-13,21H,3-5,14-16H2,1-2H3,(H,24,28)/t21-/m1/s1. The first-order valence-electron chi connectivity index (χ1n) is 9.86. The van der Waals surface area contributed by atoms with Crippen molar-refractivity contribution in [2.75, 3.05) is 25.0 Å². The molecule has 6 heteroatoms. The minimum atomic E-state index is -0.0831. The van der Waals surface area contributed by atoms with Crippen LogP contribution in [0.25, 0.3) is 0 Å². The fourth-order valence-corrected chi connectivity index (χ4v) is 3.65. The third-order valence-electron chi connectivity index (χ3n) is 5.28. The number of aromatic nitrogens is 1. The van der Waals surface area contributed by atoms with Crippen molar-refractivity contribution in [3.8, 4) is 0 Å². The SMILES string of the molecule is CCN(Cc1ccncc1)[C@@H]1CCCN(C(=O)Nc2ccc(C(C)=O)cc2)C1. The molecule has 1 aliphatic heterocycles. The number of hydrogen-bond donors (Lipinski definition) is 1. The fourth-order valence-electron chi connectivity index (χ4n) is 3.65. The number of piperidine rings is 1. The number of carbonyl (C=O) groups is 2. The van der Waals surface area contributed by atoms with E-state index >= 15 is 0 Å². The Kier molecular flexibility index (Phi) is 6.76. The molecule has 148 valence electrons. The number of nitrogens with one attached hydrogen (secondary N) is 1.